The van der Waals surface area contributed by atoms with E-state index in [2.05, 4.69) is 55.0 Å². The standard InChI is InChI=1S/C22H29N7/c1-23-22(25-16-21-27-26-20-7-3-6-14-29(20)21)24-15-18-8-10-19(11-9-18)17-28-12-4-2-5-13-28/h3,6-11,14H,2,4-5,12-13,15-17H2,1H3,(H2,23,24,25). The second-order valence-corrected chi connectivity index (χ2v) is 7.48. The Bertz CT molecular complexity index is 939. The van der Waals surface area contributed by atoms with Crippen molar-refractivity contribution >= 4 is 11.6 Å². The van der Waals surface area contributed by atoms with E-state index in [9.17, 15) is 0 Å². The van der Waals surface area contributed by atoms with Gasteiger partial charge in [-0.25, -0.2) is 0 Å². The lowest BCUT2D eigenvalue weighted by Crippen LogP contribution is -2.36. The number of rotatable bonds is 6. The zero-order valence-corrected chi connectivity index (χ0v) is 17.0. The molecule has 1 fully saturated rings. The Morgan fingerprint density at radius 3 is 2.48 bits per heavy atom. The van der Waals surface area contributed by atoms with Crippen molar-refractivity contribution in [3.05, 3.63) is 65.6 Å². The van der Waals surface area contributed by atoms with Gasteiger partial charge in [-0.1, -0.05) is 36.8 Å². The minimum absolute atomic E-state index is 0.555. The van der Waals surface area contributed by atoms with Gasteiger partial charge in [0.25, 0.3) is 0 Å². The number of nitrogens with zero attached hydrogens (tertiary/aromatic N) is 5. The van der Waals surface area contributed by atoms with E-state index in [1.54, 1.807) is 7.05 Å². The van der Waals surface area contributed by atoms with Gasteiger partial charge < -0.3 is 10.6 Å². The number of hydrogen-bond donors (Lipinski definition) is 2. The van der Waals surface area contributed by atoms with Crippen LogP contribution in [-0.4, -0.2) is 45.6 Å². The van der Waals surface area contributed by atoms with Crippen LogP contribution in [0.4, 0.5) is 0 Å². The second kappa shape index (κ2) is 9.52. The molecular weight excluding hydrogens is 362 g/mol. The highest BCUT2D eigenvalue weighted by Gasteiger charge is 2.10. The summed E-state index contributed by atoms with van der Waals surface area (Å²) in [5.41, 5.74) is 3.47. The molecule has 0 unspecified atom stereocenters. The smallest absolute Gasteiger partial charge is 0.191 e. The molecule has 7 heteroatoms. The molecule has 3 heterocycles. The molecule has 7 nitrogen and oxygen atoms in total. The first-order valence-electron chi connectivity index (χ1n) is 10.3. The summed E-state index contributed by atoms with van der Waals surface area (Å²) in [6, 6.07) is 14.8. The summed E-state index contributed by atoms with van der Waals surface area (Å²) in [5.74, 6) is 1.60. The highest BCUT2D eigenvalue weighted by Crippen LogP contribution is 2.13. The van der Waals surface area contributed by atoms with Gasteiger partial charge in [0, 0.05) is 26.3 Å². The average molecular weight is 392 g/mol. The van der Waals surface area contributed by atoms with Gasteiger partial charge in [-0.2, -0.15) is 0 Å². The Morgan fingerprint density at radius 1 is 0.931 bits per heavy atom. The topological polar surface area (TPSA) is 69.8 Å². The zero-order chi connectivity index (χ0) is 19.9. The minimum Gasteiger partial charge on any atom is -0.352 e. The summed E-state index contributed by atoms with van der Waals surface area (Å²) in [5, 5.41) is 15.1. The maximum Gasteiger partial charge on any atom is 0.191 e. The molecule has 29 heavy (non-hydrogen) atoms. The predicted molar refractivity (Wildman–Crippen MR) is 116 cm³/mol. The fourth-order valence-electron chi connectivity index (χ4n) is 3.72. The molecule has 0 atom stereocenters. The van der Waals surface area contributed by atoms with Crippen LogP contribution < -0.4 is 10.6 Å². The van der Waals surface area contributed by atoms with Crippen molar-refractivity contribution in [3.8, 4) is 0 Å². The summed E-state index contributed by atoms with van der Waals surface area (Å²) in [6.45, 7) is 4.80. The van der Waals surface area contributed by atoms with Gasteiger partial charge in [0.2, 0.25) is 0 Å². The van der Waals surface area contributed by atoms with E-state index in [0.29, 0.717) is 6.54 Å². The molecule has 1 aliphatic rings. The average Bonchev–Trinajstić information content (AvgIpc) is 3.19. The number of aromatic nitrogens is 3. The van der Waals surface area contributed by atoms with Gasteiger partial charge in [0.05, 0.1) is 6.54 Å². The van der Waals surface area contributed by atoms with E-state index in [1.807, 2.05) is 28.8 Å². The number of piperidine rings is 1. The monoisotopic (exact) mass is 391 g/mol. The van der Waals surface area contributed by atoms with E-state index < -0.39 is 0 Å². The summed E-state index contributed by atoms with van der Waals surface area (Å²) < 4.78 is 1.97. The van der Waals surface area contributed by atoms with Crippen LogP contribution in [0.2, 0.25) is 0 Å². The molecule has 152 valence electrons. The number of pyridine rings is 1. The molecule has 0 amide bonds. The first-order chi connectivity index (χ1) is 14.3. The molecule has 2 aromatic heterocycles. The lowest BCUT2D eigenvalue weighted by Gasteiger charge is -2.26. The Labute approximate surface area is 171 Å². The Balaban J connectivity index is 1.27. The van der Waals surface area contributed by atoms with Crippen LogP contribution in [0.5, 0.6) is 0 Å². The number of fused-ring (bicyclic) bond motifs is 1. The van der Waals surface area contributed by atoms with E-state index in [0.717, 1.165) is 30.5 Å². The van der Waals surface area contributed by atoms with Gasteiger partial charge >= 0.3 is 0 Å². The van der Waals surface area contributed by atoms with Gasteiger partial charge in [-0.05, 0) is 49.2 Å². The summed E-state index contributed by atoms with van der Waals surface area (Å²) in [6.07, 6.45) is 6.01. The summed E-state index contributed by atoms with van der Waals surface area (Å²) in [4.78, 5) is 6.86. The van der Waals surface area contributed by atoms with Crippen LogP contribution in [0.3, 0.4) is 0 Å². The van der Waals surface area contributed by atoms with Gasteiger partial charge in [-0.3, -0.25) is 14.3 Å². The predicted octanol–water partition coefficient (Wildman–Crippen LogP) is 2.58. The molecule has 3 aromatic rings. The normalized spacial score (nSPS) is 15.6. The number of aliphatic imine (C=N–C) groups is 1. The van der Waals surface area contributed by atoms with Crippen LogP contribution in [0.1, 0.15) is 36.2 Å². The van der Waals surface area contributed by atoms with Crippen molar-refractivity contribution in [2.75, 3.05) is 20.1 Å². The molecule has 0 saturated carbocycles. The maximum absolute atomic E-state index is 4.31. The van der Waals surface area contributed by atoms with Crippen LogP contribution in [0.15, 0.2) is 53.7 Å². The minimum atomic E-state index is 0.555. The first-order valence-corrected chi connectivity index (χ1v) is 10.3. The Hall–Kier alpha value is -2.93. The zero-order valence-electron chi connectivity index (χ0n) is 17.0. The van der Waals surface area contributed by atoms with Gasteiger partial charge in [0.15, 0.2) is 17.4 Å². The fraction of sp³-hybridized carbons (Fsp3) is 0.409. The van der Waals surface area contributed by atoms with Crippen molar-refractivity contribution in [2.45, 2.75) is 38.9 Å². The van der Waals surface area contributed by atoms with Crippen molar-refractivity contribution in [3.63, 3.8) is 0 Å². The maximum atomic E-state index is 4.31. The highest BCUT2D eigenvalue weighted by molar-refractivity contribution is 5.79. The van der Waals surface area contributed by atoms with Crippen LogP contribution in [0.25, 0.3) is 5.65 Å². The number of guanidine groups is 1. The Morgan fingerprint density at radius 2 is 1.69 bits per heavy atom. The van der Waals surface area contributed by atoms with Crippen LogP contribution in [0, 0.1) is 0 Å². The molecule has 4 rings (SSSR count). The molecule has 1 aromatic carbocycles. The molecule has 2 N–H and O–H groups in total. The van der Waals surface area contributed by atoms with E-state index in [1.165, 1.54) is 43.5 Å². The highest BCUT2D eigenvalue weighted by atomic mass is 15.3. The van der Waals surface area contributed by atoms with Crippen molar-refractivity contribution in [1.82, 2.24) is 30.1 Å². The van der Waals surface area contributed by atoms with Crippen molar-refractivity contribution in [2.24, 2.45) is 4.99 Å². The lowest BCUT2D eigenvalue weighted by atomic mass is 10.1. The van der Waals surface area contributed by atoms with E-state index in [4.69, 9.17) is 0 Å². The molecular formula is C22H29N7. The molecule has 0 aliphatic carbocycles. The second-order valence-electron chi connectivity index (χ2n) is 7.48. The number of benzene rings is 1. The quantitative estimate of drug-likeness (QED) is 0.499. The lowest BCUT2D eigenvalue weighted by molar-refractivity contribution is 0.221. The SMILES string of the molecule is CN=C(NCc1ccc(CN2CCCCC2)cc1)NCc1nnc2ccccn12. The third kappa shape index (κ3) is 5.12. The number of likely N-dealkylation sites (tertiary alicyclic amines) is 1. The van der Waals surface area contributed by atoms with E-state index >= 15 is 0 Å². The van der Waals surface area contributed by atoms with Gasteiger partial charge in [-0.15, -0.1) is 10.2 Å². The molecule has 1 aliphatic heterocycles. The first kappa shape index (κ1) is 19.4. The third-order valence-corrected chi connectivity index (χ3v) is 5.36. The fourth-order valence-corrected chi connectivity index (χ4v) is 3.72. The van der Waals surface area contributed by atoms with Crippen LogP contribution in [-0.2, 0) is 19.6 Å². The number of nitrogens with one attached hydrogen (secondary N) is 2. The Kier molecular flexibility index (Phi) is 6.36. The molecule has 0 radical (unpaired) electrons. The summed E-state index contributed by atoms with van der Waals surface area (Å²) >= 11 is 0. The number of hydrogen-bond acceptors (Lipinski definition) is 4. The van der Waals surface area contributed by atoms with Crippen molar-refractivity contribution < 1.29 is 0 Å². The van der Waals surface area contributed by atoms with Crippen LogP contribution >= 0.6 is 0 Å². The largest absolute Gasteiger partial charge is 0.352 e. The van der Waals surface area contributed by atoms with Crippen molar-refractivity contribution in [1.29, 1.82) is 0 Å². The molecule has 1 saturated heterocycles. The third-order valence-electron chi connectivity index (χ3n) is 5.36. The van der Waals surface area contributed by atoms with E-state index in [-0.39, 0.29) is 0 Å². The van der Waals surface area contributed by atoms with Gasteiger partial charge in [0.1, 0.15) is 0 Å². The molecule has 0 bridgehead atoms. The summed E-state index contributed by atoms with van der Waals surface area (Å²) in [7, 11) is 1.78. The molecule has 0 spiro atoms.